The molecule has 0 fully saturated rings. The first-order valence-electron chi connectivity index (χ1n) is 13.1. The first-order valence-corrected chi connectivity index (χ1v) is 13.1. The molecule has 0 spiro atoms. The number of hydrogen-bond donors (Lipinski definition) is 0. The lowest BCUT2D eigenvalue weighted by atomic mass is 10.1. The molecule has 0 N–H and O–H groups in total. The van der Waals surface area contributed by atoms with Crippen molar-refractivity contribution in [2.24, 2.45) is 0 Å². The SMILES string of the molecule is CCCCCCCCC/C=C/Oc1ccc(-c2ncc(CCCCCCCC)cn2)cc1. The summed E-state index contributed by atoms with van der Waals surface area (Å²) in [6.07, 6.45) is 27.4. The number of ether oxygens (including phenoxy) is 1. The van der Waals surface area contributed by atoms with Crippen molar-refractivity contribution in [2.75, 3.05) is 0 Å². The number of rotatable bonds is 18. The minimum atomic E-state index is 0.776. The Morgan fingerprint density at radius 3 is 1.88 bits per heavy atom. The Balaban J connectivity index is 1.64. The fraction of sp³-hybridized carbons (Fsp3) is 0.586. The maximum absolute atomic E-state index is 5.73. The Morgan fingerprint density at radius 1 is 0.688 bits per heavy atom. The van der Waals surface area contributed by atoms with Gasteiger partial charge in [-0.1, -0.05) is 84.5 Å². The van der Waals surface area contributed by atoms with Crippen LogP contribution in [0.15, 0.2) is 49.0 Å². The Kier molecular flexibility index (Phi) is 14.2. The summed E-state index contributed by atoms with van der Waals surface area (Å²) < 4.78 is 5.73. The lowest BCUT2D eigenvalue weighted by Gasteiger charge is -2.05. The summed E-state index contributed by atoms with van der Waals surface area (Å²) in [6, 6.07) is 8.03. The van der Waals surface area contributed by atoms with Gasteiger partial charge >= 0.3 is 0 Å². The van der Waals surface area contributed by atoms with E-state index >= 15 is 0 Å². The molecule has 1 aromatic carbocycles. The largest absolute Gasteiger partial charge is 0.465 e. The lowest BCUT2D eigenvalue weighted by molar-refractivity contribution is 0.477. The van der Waals surface area contributed by atoms with E-state index in [0.29, 0.717) is 0 Å². The predicted molar refractivity (Wildman–Crippen MR) is 137 cm³/mol. The molecule has 0 saturated heterocycles. The van der Waals surface area contributed by atoms with Gasteiger partial charge in [-0.2, -0.15) is 0 Å². The van der Waals surface area contributed by atoms with Crippen LogP contribution in [0.1, 0.15) is 109 Å². The van der Waals surface area contributed by atoms with E-state index in [2.05, 4.69) is 29.9 Å². The molecule has 0 aliphatic rings. The summed E-state index contributed by atoms with van der Waals surface area (Å²) >= 11 is 0. The molecule has 0 unspecified atom stereocenters. The molecule has 0 amide bonds. The van der Waals surface area contributed by atoms with Crippen LogP contribution in [0.5, 0.6) is 5.75 Å². The predicted octanol–water partition coefficient (Wildman–Crippen LogP) is 9.08. The van der Waals surface area contributed by atoms with Crippen LogP contribution in [0.4, 0.5) is 0 Å². The van der Waals surface area contributed by atoms with Gasteiger partial charge in [-0.3, -0.25) is 0 Å². The monoisotopic (exact) mass is 436 g/mol. The summed E-state index contributed by atoms with van der Waals surface area (Å²) in [6.45, 7) is 4.52. The smallest absolute Gasteiger partial charge is 0.159 e. The highest BCUT2D eigenvalue weighted by Gasteiger charge is 2.03. The summed E-state index contributed by atoms with van der Waals surface area (Å²) in [5.41, 5.74) is 2.26. The van der Waals surface area contributed by atoms with Crippen LogP contribution in [0, 0.1) is 0 Å². The molecular formula is C29H44N2O. The van der Waals surface area contributed by atoms with Crippen LogP contribution >= 0.6 is 0 Å². The number of aryl methyl sites for hydroxylation is 1. The van der Waals surface area contributed by atoms with Gasteiger partial charge < -0.3 is 4.74 Å². The molecule has 32 heavy (non-hydrogen) atoms. The summed E-state index contributed by atoms with van der Waals surface area (Å²) in [5.74, 6) is 1.63. The van der Waals surface area contributed by atoms with E-state index < -0.39 is 0 Å². The second-order valence-electron chi connectivity index (χ2n) is 8.86. The molecule has 0 radical (unpaired) electrons. The molecule has 2 rings (SSSR count). The molecule has 0 bridgehead atoms. The minimum absolute atomic E-state index is 0.776. The number of allylic oxidation sites excluding steroid dienone is 1. The van der Waals surface area contributed by atoms with E-state index in [1.807, 2.05) is 42.9 Å². The van der Waals surface area contributed by atoms with Gasteiger partial charge in [0.25, 0.3) is 0 Å². The number of hydrogen-bond acceptors (Lipinski definition) is 3. The molecule has 0 aliphatic carbocycles. The van der Waals surface area contributed by atoms with E-state index in [4.69, 9.17) is 4.74 Å². The van der Waals surface area contributed by atoms with Gasteiger partial charge in [0.1, 0.15) is 5.75 Å². The fourth-order valence-corrected chi connectivity index (χ4v) is 3.84. The summed E-state index contributed by atoms with van der Waals surface area (Å²) in [5, 5.41) is 0. The third kappa shape index (κ3) is 11.5. The van der Waals surface area contributed by atoms with E-state index in [0.717, 1.165) is 30.0 Å². The normalized spacial score (nSPS) is 11.3. The van der Waals surface area contributed by atoms with Crippen molar-refractivity contribution >= 4 is 0 Å². The zero-order chi connectivity index (χ0) is 22.7. The molecule has 0 saturated carbocycles. The van der Waals surface area contributed by atoms with Crippen molar-refractivity contribution in [1.82, 2.24) is 9.97 Å². The molecule has 0 aliphatic heterocycles. The van der Waals surface area contributed by atoms with Crippen LogP contribution in [0.25, 0.3) is 11.4 Å². The van der Waals surface area contributed by atoms with Gasteiger partial charge in [0.15, 0.2) is 5.82 Å². The Hall–Kier alpha value is -2.16. The summed E-state index contributed by atoms with van der Waals surface area (Å²) in [7, 11) is 0. The highest BCUT2D eigenvalue weighted by molar-refractivity contribution is 5.55. The molecule has 3 nitrogen and oxygen atoms in total. The Labute approximate surface area is 196 Å². The van der Waals surface area contributed by atoms with Gasteiger partial charge in [-0.25, -0.2) is 9.97 Å². The second kappa shape index (κ2) is 17.4. The highest BCUT2D eigenvalue weighted by atomic mass is 16.5. The first kappa shape index (κ1) is 26.1. The van der Waals surface area contributed by atoms with Crippen molar-refractivity contribution < 1.29 is 4.74 Å². The van der Waals surface area contributed by atoms with E-state index in [9.17, 15) is 0 Å². The summed E-state index contributed by atoms with van der Waals surface area (Å²) in [4.78, 5) is 9.14. The maximum atomic E-state index is 5.73. The van der Waals surface area contributed by atoms with Gasteiger partial charge in [-0.15, -0.1) is 0 Å². The molecule has 176 valence electrons. The van der Waals surface area contributed by atoms with Gasteiger partial charge in [0.05, 0.1) is 6.26 Å². The number of unbranched alkanes of at least 4 members (excludes halogenated alkanes) is 12. The zero-order valence-corrected chi connectivity index (χ0v) is 20.5. The number of nitrogens with zero attached hydrogens (tertiary/aromatic N) is 2. The molecule has 2 aromatic rings. The number of benzene rings is 1. The first-order chi connectivity index (χ1) is 15.8. The topological polar surface area (TPSA) is 35.0 Å². The van der Waals surface area contributed by atoms with Crippen molar-refractivity contribution in [1.29, 1.82) is 0 Å². The van der Waals surface area contributed by atoms with Crippen molar-refractivity contribution in [3.63, 3.8) is 0 Å². The van der Waals surface area contributed by atoms with Crippen molar-refractivity contribution in [3.8, 4) is 17.1 Å². The fourth-order valence-electron chi connectivity index (χ4n) is 3.84. The third-order valence-electron chi connectivity index (χ3n) is 5.91. The minimum Gasteiger partial charge on any atom is -0.465 e. The average Bonchev–Trinajstić information content (AvgIpc) is 2.83. The lowest BCUT2D eigenvalue weighted by Crippen LogP contribution is -1.93. The van der Waals surface area contributed by atoms with Crippen molar-refractivity contribution in [3.05, 3.63) is 54.6 Å². The van der Waals surface area contributed by atoms with Crippen LogP contribution in [0.2, 0.25) is 0 Å². The van der Waals surface area contributed by atoms with Crippen LogP contribution < -0.4 is 4.74 Å². The molecule has 0 atom stereocenters. The van der Waals surface area contributed by atoms with Gasteiger partial charge in [-0.05, 0) is 61.6 Å². The Morgan fingerprint density at radius 2 is 1.25 bits per heavy atom. The van der Waals surface area contributed by atoms with E-state index in [1.54, 1.807) is 0 Å². The number of aromatic nitrogens is 2. The zero-order valence-electron chi connectivity index (χ0n) is 20.5. The third-order valence-corrected chi connectivity index (χ3v) is 5.91. The molecule has 1 aromatic heterocycles. The maximum Gasteiger partial charge on any atom is 0.159 e. The van der Waals surface area contributed by atoms with Gasteiger partial charge in [0, 0.05) is 18.0 Å². The highest BCUT2D eigenvalue weighted by Crippen LogP contribution is 2.20. The van der Waals surface area contributed by atoms with Crippen LogP contribution in [-0.2, 0) is 6.42 Å². The van der Waals surface area contributed by atoms with Crippen LogP contribution in [-0.4, -0.2) is 9.97 Å². The molecule has 1 heterocycles. The average molecular weight is 437 g/mol. The van der Waals surface area contributed by atoms with Gasteiger partial charge in [0.2, 0.25) is 0 Å². The quantitative estimate of drug-likeness (QED) is 0.173. The Bertz CT molecular complexity index is 722. The molecular weight excluding hydrogens is 392 g/mol. The standard InChI is InChI=1S/C29H44N2O/c1-3-5-7-9-11-12-13-15-17-23-32-28-21-19-27(20-22-28)29-30-24-26(25-31-29)18-16-14-10-8-6-4-2/h17,19-25H,3-16,18H2,1-2H3/b23-17+. The second-order valence-corrected chi connectivity index (χ2v) is 8.86. The molecule has 3 heteroatoms. The van der Waals surface area contributed by atoms with Crippen LogP contribution in [0.3, 0.4) is 0 Å². The van der Waals surface area contributed by atoms with Crippen molar-refractivity contribution in [2.45, 2.75) is 110 Å². The van der Waals surface area contributed by atoms with E-state index in [1.165, 1.54) is 89.0 Å². The van der Waals surface area contributed by atoms with E-state index in [-0.39, 0.29) is 0 Å².